The van der Waals surface area contributed by atoms with Crippen molar-refractivity contribution in [3.8, 4) is 11.8 Å². The van der Waals surface area contributed by atoms with E-state index in [1.807, 2.05) is 6.07 Å². The first-order valence-corrected chi connectivity index (χ1v) is 8.46. The Kier molecular flexibility index (Phi) is 7.69. The Balaban J connectivity index is 0.00000300. The van der Waals surface area contributed by atoms with E-state index >= 15 is 0 Å². The van der Waals surface area contributed by atoms with E-state index in [2.05, 4.69) is 16.8 Å². The lowest BCUT2D eigenvalue weighted by Gasteiger charge is -2.40. The summed E-state index contributed by atoms with van der Waals surface area (Å²) in [4.78, 5) is 26.4. The fraction of sp³-hybridized carbons (Fsp3) is 0.389. The average molecular weight is 517 g/mol. The summed E-state index contributed by atoms with van der Waals surface area (Å²) in [6.07, 6.45) is -4.64. The first kappa shape index (κ1) is 23.2. The molecule has 0 amide bonds. The second kappa shape index (κ2) is 9.61. The third-order valence-electron chi connectivity index (χ3n) is 4.49. The van der Waals surface area contributed by atoms with Crippen LogP contribution in [0.1, 0.15) is 17.5 Å². The van der Waals surface area contributed by atoms with Gasteiger partial charge in [-0.3, -0.25) is 14.3 Å². The fourth-order valence-corrected chi connectivity index (χ4v) is 2.86. The number of aryl methyl sites for hydroxylation is 1. The second-order valence-electron chi connectivity index (χ2n) is 6.38. The molecule has 1 fully saturated rings. The van der Waals surface area contributed by atoms with Gasteiger partial charge in [-0.05, 0) is 12.0 Å². The van der Waals surface area contributed by atoms with Crippen LogP contribution in [0, 0.1) is 11.8 Å². The smallest absolute Gasteiger partial charge is 0.330 e. The van der Waals surface area contributed by atoms with Gasteiger partial charge in [-0.1, -0.05) is 0 Å². The molecule has 1 saturated heterocycles. The maximum absolute atomic E-state index is 12.2. The minimum Gasteiger partial charge on any atom is -1.00 e. The van der Waals surface area contributed by atoms with Crippen molar-refractivity contribution in [2.45, 2.75) is 30.6 Å². The number of nitrogens with zero attached hydrogens (tertiary/aromatic N) is 2. The number of hydrogen-bond acceptors (Lipinski definition) is 7. The molecule has 2 aromatic heterocycles. The standard InChI is InChI=1S/C18H19N3O7.HI/c1-20-7-3-2-4-11(20)6-5-10-8-21(18(27)19-16(10)26)17-15(25)14(24)13(23)12(9-22)28-17;/h2-4,7-8,12-15,17,22-25H,9H2,1H3;1H/t12-,13-,14+,15-,17-;/m1./s1. The largest absolute Gasteiger partial charge is 1.00 e. The van der Waals surface area contributed by atoms with Gasteiger partial charge in [0.2, 0.25) is 0 Å². The van der Waals surface area contributed by atoms with Crippen LogP contribution in [0.15, 0.2) is 40.2 Å². The number of hydrogen-bond donors (Lipinski definition) is 5. The molecule has 1 aliphatic rings. The Labute approximate surface area is 182 Å². The summed E-state index contributed by atoms with van der Waals surface area (Å²) in [5, 5.41) is 39.3. The molecule has 3 rings (SSSR count). The van der Waals surface area contributed by atoms with Crippen molar-refractivity contribution in [2.75, 3.05) is 6.61 Å². The molecule has 1 aliphatic heterocycles. The highest BCUT2D eigenvalue weighted by molar-refractivity contribution is 5.35. The van der Waals surface area contributed by atoms with E-state index in [1.54, 1.807) is 29.9 Å². The number of aliphatic hydroxyl groups is 4. The maximum atomic E-state index is 12.2. The highest BCUT2D eigenvalue weighted by Crippen LogP contribution is 2.27. The van der Waals surface area contributed by atoms with Crippen molar-refractivity contribution < 1.29 is 53.7 Å². The molecule has 10 nitrogen and oxygen atoms in total. The molecule has 5 N–H and O–H groups in total. The Bertz CT molecular complexity index is 1040. The molecular formula is C18H20IN3O7. The van der Waals surface area contributed by atoms with E-state index in [1.165, 1.54) is 0 Å². The SMILES string of the molecule is C[n+]1ccccc1C#Cc1cn([C@@H]2O[C@H](CO)[C@@H](O)[C@H](O)[C@H]2O)c(=O)[nH]c1=O.[I-]. The van der Waals surface area contributed by atoms with Crippen molar-refractivity contribution in [2.24, 2.45) is 7.05 Å². The van der Waals surface area contributed by atoms with Gasteiger partial charge in [0.1, 0.15) is 37.0 Å². The first-order valence-electron chi connectivity index (χ1n) is 8.46. The molecule has 0 radical (unpaired) electrons. The highest BCUT2D eigenvalue weighted by Gasteiger charge is 2.44. The predicted molar refractivity (Wildman–Crippen MR) is 93.9 cm³/mol. The van der Waals surface area contributed by atoms with E-state index in [9.17, 15) is 30.0 Å². The molecule has 0 saturated carbocycles. The van der Waals surface area contributed by atoms with Crippen LogP contribution in [0.3, 0.4) is 0 Å². The van der Waals surface area contributed by atoms with Gasteiger partial charge in [0.25, 0.3) is 11.3 Å². The lowest BCUT2D eigenvalue weighted by atomic mass is 9.98. The number of halogens is 1. The summed E-state index contributed by atoms with van der Waals surface area (Å²) in [5.74, 6) is 5.48. The van der Waals surface area contributed by atoms with Gasteiger partial charge in [-0.25, -0.2) is 4.79 Å². The topological polar surface area (TPSA) is 149 Å². The number of nitrogens with one attached hydrogen (secondary N) is 1. The quantitative estimate of drug-likeness (QED) is 0.151. The molecule has 0 aliphatic carbocycles. The van der Waals surface area contributed by atoms with Crippen LogP contribution >= 0.6 is 0 Å². The number of aromatic amines is 1. The van der Waals surface area contributed by atoms with Crippen molar-refractivity contribution in [3.63, 3.8) is 0 Å². The van der Waals surface area contributed by atoms with Gasteiger partial charge >= 0.3 is 5.69 Å². The summed E-state index contributed by atoms with van der Waals surface area (Å²) in [6.45, 7) is -0.642. The lowest BCUT2D eigenvalue weighted by Crippen LogP contribution is -3.00. The highest BCUT2D eigenvalue weighted by atomic mass is 127. The summed E-state index contributed by atoms with van der Waals surface area (Å²) < 4.78 is 7.96. The maximum Gasteiger partial charge on any atom is 0.330 e. The third kappa shape index (κ3) is 4.74. The van der Waals surface area contributed by atoms with E-state index in [-0.39, 0.29) is 29.5 Å². The Morgan fingerprint density at radius 1 is 1.17 bits per heavy atom. The van der Waals surface area contributed by atoms with Crippen molar-refractivity contribution >= 4 is 0 Å². The third-order valence-corrected chi connectivity index (χ3v) is 4.49. The summed E-state index contributed by atoms with van der Waals surface area (Å²) in [6, 6.07) is 5.34. The van der Waals surface area contributed by atoms with Gasteiger partial charge in [0.15, 0.2) is 12.4 Å². The Morgan fingerprint density at radius 3 is 2.55 bits per heavy atom. The summed E-state index contributed by atoms with van der Waals surface area (Å²) in [5.41, 5.74) is -1.07. The number of aromatic nitrogens is 3. The molecule has 5 atom stereocenters. The number of aliphatic hydroxyl groups excluding tert-OH is 4. The zero-order valence-electron chi connectivity index (χ0n) is 15.3. The van der Waals surface area contributed by atoms with Crippen LogP contribution in [-0.2, 0) is 11.8 Å². The zero-order chi connectivity index (χ0) is 20.4. The molecule has 156 valence electrons. The van der Waals surface area contributed by atoms with Crippen LogP contribution in [-0.4, -0.2) is 61.0 Å². The minimum absolute atomic E-state index is 0. The summed E-state index contributed by atoms with van der Waals surface area (Å²) >= 11 is 0. The van der Waals surface area contributed by atoms with Crippen LogP contribution < -0.4 is 39.8 Å². The van der Waals surface area contributed by atoms with Gasteiger partial charge in [0.05, 0.1) is 6.61 Å². The van der Waals surface area contributed by atoms with Crippen molar-refractivity contribution in [1.82, 2.24) is 9.55 Å². The second-order valence-corrected chi connectivity index (χ2v) is 6.38. The molecule has 0 spiro atoms. The van der Waals surface area contributed by atoms with E-state index < -0.39 is 48.5 Å². The van der Waals surface area contributed by atoms with Gasteiger partial charge in [0, 0.05) is 24.3 Å². The zero-order valence-corrected chi connectivity index (χ0v) is 17.4. The molecule has 0 bridgehead atoms. The molecule has 0 unspecified atom stereocenters. The molecule has 11 heteroatoms. The number of H-pyrrole nitrogens is 1. The Hall–Kier alpha value is -2.08. The number of rotatable bonds is 2. The molecule has 2 aromatic rings. The summed E-state index contributed by atoms with van der Waals surface area (Å²) in [7, 11) is 1.78. The van der Waals surface area contributed by atoms with E-state index in [0.29, 0.717) is 5.69 Å². The van der Waals surface area contributed by atoms with Crippen LogP contribution in [0.4, 0.5) is 0 Å². The molecule has 3 heterocycles. The van der Waals surface area contributed by atoms with Crippen LogP contribution in [0.2, 0.25) is 0 Å². The average Bonchev–Trinajstić information content (AvgIpc) is 2.67. The number of ether oxygens (including phenoxy) is 1. The van der Waals surface area contributed by atoms with Crippen molar-refractivity contribution in [1.29, 1.82) is 0 Å². The van der Waals surface area contributed by atoms with Gasteiger partial charge in [-0.15, -0.1) is 0 Å². The molecule has 29 heavy (non-hydrogen) atoms. The first-order chi connectivity index (χ1) is 13.3. The lowest BCUT2D eigenvalue weighted by molar-refractivity contribution is -0.673. The Morgan fingerprint density at radius 2 is 1.90 bits per heavy atom. The van der Waals surface area contributed by atoms with Crippen LogP contribution in [0.25, 0.3) is 0 Å². The van der Waals surface area contributed by atoms with Gasteiger partial charge < -0.3 is 49.1 Å². The molecule has 0 aromatic carbocycles. The molecular weight excluding hydrogens is 497 g/mol. The van der Waals surface area contributed by atoms with Crippen molar-refractivity contribution in [3.05, 3.63) is 62.7 Å². The fourth-order valence-electron chi connectivity index (χ4n) is 2.86. The normalized spacial score (nSPS) is 26.2. The predicted octanol–water partition coefficient (Wildman–Crippen LogP) is -6.26. The minimum atomic E-state index is -1.67. The van der Waals surface area contributed by atoms with Crippen LogP contribution in [0.5, 0.6) is 0 Å². The monoisotopic (exact) mass is 517 g/mol. The van der Waals surface area contributed by atoms with E-state index in [4.69, 9.17) is 4.74 Å². The van der Waals surface area contributed by atoms with Gasteiger partial charge in [-0.2, -0.15) is 4.57 Å². The van der Waals surface area contributed by atoms with E-state index in [0.717, 1.165) is 10.8 Å². The number of pyridine rings is 1.